The normalized spacial score (nSPS) is 15.6. The van der Waals surface area contributed by atoms with E-state index in [1.807, 2.05) is 17.0 Å². The van der Waals surface area contributed by atoms with Crippen molar-refractivity contribution in [2.24, 2.45) is 0 Å². The van der Waals surface area contributed by atoms with Crippen LogP contribution in [0.25, 0.3) is 0 Å². The molecule has 0 unspecified atom stereocenters. The van der Waals surface area contributed by atoms with Crippen LogP contribution >= 0.6 is 0 Å². The number of carbonyl (C=O) groups excluding carboxylic acids is 1. The number of hydrogen-bond donors (Lipinski definition) is 1. The maximum absolute atomic E-state index is 12.9. The van der Waals surface area contributed by atoms with Crippen molar-refractivity contribution in [3.05, 3.63) is 59.4 Å². The summed E-state index contributed by atoms with van der Waals surface area (Å²) in [5.41, 5.74) is 1.94. The van der Waals surface area contributed by atoms with Crippen LogP contribution < -0.4 is 10.2 Å². The highest BCUT2D eigenvalue weighted by Crippen LogP contribution is 2.31. The lowest BCUT2D eigenvalue weighted by molar-refractivity contribution is -0.137. The number of alkyl halides is 3. The average Bonchev–Trinajstić information content (AvgIpc) is 2.68. The molecule has 1 N–H and O–H groups in total. The number of halogens is 3. The first-order chi connectivity index (χ1) is 13.7. The zero-order valence-electron chi connectivity index (χ0n) is 16.7. The quantitative estimate of drug-likeness (QED) is 0.794. The Morgan fingerprint density at radius 3 is 2.41 bits per heavy atom. The Labute approximate surface area is 169 Å². The summed E-state index contributed by atoms with van der Waals surface area (Å²) >= 11 is 0. The molecule has 4 nitrogen and oxygen atoms in total. The first-order valence-electron chi connectivity index (χ1n) is 9.88. The van der Waals surface area contributed by atoms with E-state index in [4.69, 9.17) is 0 Å². The van der Waals surface area contributed by atoms with Crippen LogP contribution in [-0.4, -0.2) is 30.0 Å². The van der Waals surface area contributed by atoms with Crippen molar-refractivity contribution in [1.29, 1.82) is 0 Å². The van der Waals surface area contributed by atoms with Gasteiger partial charge in [-0.2, -0.15) is 13.2 Å². The maximum atomic E-state index is 12.9. The van der Waals surface area contributed by atoms with Gasteiger partial charge in [-0.1, -0.05) is 38.1 Å². The Morgan fingerprint density at radius 2 is 1.83 bits per heavy atom. The molecule has 29 heavy (non-hydrogen) atoms. The Morgan fingerprint density at radius 1 is 1.17 bits per heavy atom. The minimum absolute atomic E-state index is 0.0264. The van der Waals surface area contributed by atoms with Gasteiger partial charge in [0.25, 0.3) is 0 Å². The molecule has 1 fully saturated rings. The smallest absolute Gasteiger partial charge is 0.370 e. The number of benzene rings is 1. The van der Waals surface area contributed by atoms with Crippen molar-refractivity contribution in [1.82, 2.24) is 10.3 Å². The summed E-state index contributed by atoms with van der Waals surface area (Å²) in [6.45, 7) is 5.42. The van der Waals surface area contributed by atoms with E-state index in [9.17, 15) is 18.0 Å². The van der Waals surface area contributed by atoms with Crippen molar-refractivity contribution >= 4 is 11.6 Å². The van der Waals surface area contributed by atoms with Gasteiger partial charge >= 0.3 is 6.18 Å². The second-order valence-electron chi connectivity index (χ2n) is 7.83. The molecule has 0 atom stereocenters. The molecule has 0 aliphatic carbocycles. The zero-order valence-corrected chi connectivity index (χ0v) is 16.7. The van der Waals surface area contributed by atoms with Crippen LogP contribution in [0.1, 0.15) is 49.3 Å². The van der Waals surface area contributed by atoms with Crippen LogP contribution in [0.3, 0.4) is 0 Å². The van der Waals surface area contributed by atoms with Crippen LogP contribution in [-0.2, 0) is 17.4 Å². The second-order valence-corrected chi connectivity index (χ2v) is 7.83. The van der Waals surface area contributed by atoms with Gasteiger partial charge in [0.2, 0.25) is 5.91 Å². The third-order valence-electron chi connectivity index (χ3n) is 5.29. The fourth-order valence-electron chi connectivity index (χ4n) is 3.52. The van der Waals surface area contributed by atoms with Gasteiger partial charge in [0.1, 0.15) is 0 Å². The van der Waals surface area contributed by atoms with Crippen LogP contribution in [0.2, 0.25) is 0 Å². The van der Waals surface area contributed by atoms with Gasteiger partial charge in [-0.15, -0.1) is 0 Å². The van der Waals surface area contributed by atoms with E-state index in [0.29, 0.717) is 44.0 Å². The molecule has 3 rings (SSSR count). The summed E-state index contributed by atoms with van der Waals surface area (Å²) in [6.07, 6.45) is -0.402. The molecule has 0 saturated carbocycles. The number of anilines is 1. The first-order valence-corrected chi connectivity index (χ1v) is 9.88. The highest BCUT2D eigenvalue weighted by Gasteiger charge is 2.32. The largest absolute Gasteiger partial charge is 0.417 e. The minimum Gasteiger partial charge on any atom is -0.370 e. The Hall–Kier alpha value is -2.57. The summed E-state index contributed by atoms with van der Waals surface area (Å²) in [5, 5.41) is 3.05. The Kier molecular flexibility index (Phi) is 6.45. The molecule has 1 amide bonds. The minimum atomic E-state index is -4.40. The number of nitrogens with one attached hydrogen (secondary N) is 1. The Balaban J connectivity index is 1.50. The summed E-state index contributed by atoms with van der Waals surface area (Å²) in [5.74, 6) is 0.427. The van der Waals surface area contributed by atoms with Crippen molar-refractivity contribution in [2.75, 3.05) is 18.0 Å². The third kappa shape index (κ3) is 5.71. The summed E-state index contributed by atoms with van der Waals surface area (Å²) in [7, 11) is 0. The monoisotopic (exact) mass is 405 g/mol. The molecule has 1 aromatic heterocycles. The predicted octanol–water partition coefficient (Wildman–Crippen LogP) is 4.55. The van der Waals surface area contributed by atoms with Crippen molar-refractivity contribution in [3.63, 3.8) is 0 Å². The molecular formula is C22H26F3N3O. The van der Waals surface area contributed by atoms with Gasteiger partial charge in [0.15, 0.2) is 0 Å². The maximum Gasteiger partial charge on any atom is 0.417 e. The summed E-state index contributed by atoms with van der Waals surface area (Å²) in [6, 6.07) is 9.24. The number of rotatable bonds is 5. The number of carbonyl (C=O) groups is 1. The lowest BCUT2D eigenvalue weighted by atomic mass is 10.0. The summed E-state index contributed by atoms with van der Waals surface area (Å²) in [4.78, 5) is 18.0. The van der Waals surface area contributed by atoms with Crippen LogP contribution in [0.5, 0.6) is 0 Å². The molecule has 156 valence electrons. The highest BCUT2D eigenvalue weighted by molar-refractivity contribution is 5.78. The molecule has 0 bridgehead atoms. The van der Waals surface area contributed by atoms with E-state index in [1.54, 1.807) is 0 Å². The lowest BCUT2D eigenvalue weighted by Gasteiger charge is -2.34. The fraction of sp³-hybridized carbons (Fsp3) is 0.455. The van der Waals surface area contributed by atoms with Crippen molar-refractivity contribution in [3.8, 4) is 0 Å². The number of hydrogen-bond acceptors (Lipinski definition) is 3. The molecular weight excluding hydrogens is 379 g/mol. The van der Waals surface area contributed by atoms with E-state index in [2.05, 4.69) is 36.3 Å². The zero-order chi connectivity index (χ0) is 21.0. The van der Waals surface area contributed by atoms with Crippen LogP contribution in [0, 0.1) is 0 Å². The number of amides is 1. The fourth-order valence-corrected chi connectivity index (χ4v) is 3.52. The molecule has 0 spiro atoms. The molecule has 2 aromatic rings. The topological polar surface area (TPSA) is 45.2 Å². The standard InChI is InChI=1S/C22H26F3N3O/c1-15(2)17-5-3-16(4-6-17)11-21(29)27-19-7-9-28(10-8-19)20-12-18(13-26-14-20)22(23,24)25/h3-6,12-15,19H,7-11H2,1-2H3,(H,27,29). The molecule has 1 aliphatic heterocycles. The third-order valence-corrected chi connectivity index (χ3v) is 5.29. The van der Waals surface area contributed by atoms with E-state index in [0.717, 1.165) is 17.8 Å². The number of piperidine rings is 1. The Bertz CT molecular complexity index is 826. The van der Waals surface area contributed by atoms with Gasteiger partial charge in [-0.25, -0.2) is 0 Å². The molecule has 1 saturated heterocycles. The second kappa shape index (κ2) is 8.84. The van der Waals surface area contributed by atoms with Gasteiger partial charge in [-0.05, 0) is 36.0 Å². The highest BCUT2D eigenvalue weighted by atomic mass is 19.4. The molecule has 2 heterocycles. The van der Waals surface area contributed by atoms with Gasteiger partial charge in [0.05, 0.1) is 23.9 Å². The van der Waals surface area contributed by atoms with E-state index < -0.39 is 11.7 Å². The number of aromatic nitrogens is 1. The lowest BCUT2D eigenvalue weighted by Crippen LogP contribution is -2.45. The predicted molar refractivity (Wildman–Crippen MR) is 107 cm³/mol. The summed E-state index contributed by atoms with van der Waals surface area (Å²) < 4.78 is 38.6. The molecule has 1 aliphatic rings. The van der Waals surface area contributed by atoms with Gasteiger partial charge in [-0.3, -0.25) is 9.78 Å². The van der Waals surface area contributed by atoms with Gasteiger partial charge < -0.3 is 10.2 Å². The molecule has 0 radical (unpaired) electrons. The first kappa shape index (κ1) is 21.1. The molecule has 7 heteroatoms. The van der Waals surface area contributed by atoms with Crippen LogP contribution in [0.4, 0.5) is 18.9 Å². The number of nitrogens with zero attached hydrogens (tertiary/aromatic N) is 2. The van der Waals surface area contributed by atoms with Crippen molar-refractivity contribution < 1.29 is 18.0 Å². The van der Waals surface area contributed by atoms with Gasteiger partial charge in [0, 0.05) is 25.3 Å². The number of pyridine rings is 1. The average molecular weight is 405 g/mol. The van der Waals surface area contributed by atoms with E-state index in [1.165, 1.54) is 11.8 Å². The molecule has 1 aromatic carbocycles. The van der Waals surface area contributed by atoms with E-state index >= 15 is 0 Å². The SMILES string of the molecule is CC(C)c1ccc(CC(=O)NC2CCN(c3cncc(C(F)(F)F)c3)CC2)cc1. The van der Waals surface area contributed by atoms with Crippen LogP contribution in [0.15, 0.2) is 42.7 Å². The van der Waals surface area contributed by atoms with E-state index in [-0.39, 0.29) is 11.9 Å². The van der Waals surface area contributed by atoms with Crippen molar-refractivity contribution in [2.45, 2.75) is 51.2 Å².